The smallest absolute Gasteiger partial charge is 0.253 e. The van der Waals surface area contributed by atoms with Gasteiger partial charge in [0.2, 0.25) is 0 Å². The zero-order chi connectivity index (χ0) is 16.1. The Hall–Kier alpha value is -1.85. The average molecular weight is 330 g/mol. The lowest BCUT2D eigenvalue weighted by molar-refractivity contribution is 0.0938. The summed E-state index contributed by atoms with van der Waals surface area (Å²) in [4.78, 5) is 14.9. The van der Waals surface area contributed by atoms with Crippen molar-refractivity contribution in [2.45, 2.75) is 19.4 Å². The molecule has 122 valence electrons. The molecule has 5 heteroatoms. The molecule has 1 aliphatic heterocycles. The van der Waals surface area contributed by atoms with E-state index in [2.05, 4.69) is 27.0 Å². The second kappa shape index (κ2) is 7.62. The lowest BCUT2D eigenvalue weighted by Gasteiger charge is -2.30. The predicted molar refractivity (Wildman–Crippen MR) is 94.4 cm³/mol. The second-order valence-corrected chi connectivity index (χ2v) is 6.61. The summed E-state index contributed by atoms with van der Waals surface area (Å²) >= 11 is 1.69. The lowest BCUT2D eigenvalue weighted by atomic mass is 10.1. The summed E-state index contributed by atoms with van der Waals surface area (Å²) in [5, 5.41) is 7.32. The van der Waals surface area contributed by atoms with Crippen molar-refractivity contribution in [1.82, 2.24) is 5.32 Å². The van der Waals surface area contributed by atoms with Crippen molar-refractivity contribution in [3.05, 3.63) is 52.2 Å². The molecule has 3 rings (SSSR count). The number of ether oxygens (including phenoxy) is 1. The maximum Gasteiger partial charge on any atom is 0.253 e. The van der Waals surface area contributed by atoms with E-state index in [-0.39, 0.29) is 11.9 Å². The van der Waals surface area contributed by atoms with E-state index in [1.54, 1.807) is 11.3 Å². The van der Waals surface area contributed by atoms with Gasteiger partial charge in [-0.3, -0.25) is 4.79 Å². The topological polar surface area (TPSA) is 41.6 Å². The number of hydrogen-bond acceptors (Lipinski definition) is 4. The Morgan fingerprint density at radius 2 is 2.09 bits per heavy atom. The molecule has 2 aromatic rings. The number of morpholine rings is 1. The third kappa shape index (κ3) is 4.12. The number of para-hydroxylation sites is 1. The highest BCUT2D eigenvalue weighted by molar-refractivity contribution is 7.07. The van der Waals surface area contributed by atoms with Gasteiger partial charge < -0.3 is 15.0 Å². The van der Waals surface area contributed by atoms with Crippen LogP contribution in [0.2, 0.25) is 0 Å². The number of nitrogens with one attached hydrogen (secondary N) is 1. The van der Waals surface area contributed by atoms with Gasteiger partial charge in [-0.15, -0.1) is 0 Å². The van der Waals surface area contributed by atoms with Crippen LogP contribution in [0.25, 0.3) is 0 Å². The molecule has 2 heterocycles. The average Bonchev–Trinajstić information content (AvgIpc) is 3.08. The van der Waals surface area contributed by atoms with E-state index in [4.69, 9.17) is 4.74 Å². The van der Waals surface area contributed by atoms with Crippen LogP contribution in [-0.4, -0.2) is 38.3 Å². The predicted octanol–water partition coefficient (Wildman–Crippen LogP) is 2.95. The van der Waals surface area contributed by atoms with Crippen LogP contribution in [0.4, 0.5) is 5.69 Å². The molecule has 0 aliphatic carbocycles. The van der Waals surface area contributed by atoms with Crippen LogP contribution in [0.3, 0.4) is 0 Å². The van der Waals surface area contributed by atoms with E-state index < -0.39 is 0 Å². The number of anilines is 1. The molecule has 1 aromatic heterocycles. The van der Waals surface area contributed by atoms with Gasteiger partial charge in [-0.2, -0.15) is 11.3 Å². The van der Waals surface area contributed by atoms with Gasteiger partial charge in [-0.05, 0) is 47.9 Å². The molecule has 1 atom stereocenters. The number of amides is 1. The summed E-state index contributed by atoms with van der Waals surface area (Å²) in [6.07, 6.45) is 0.856. The minimum Gasteiger partial charge on any atom is -0.378 e. The highest BCUT2D eigenvalue weighted by Gasteiger charge is 2.19. The van der Waals surface area contributed by atoms with Gasteiger partial charge in [-0.25, -0.2) is 0 Å². The maximum atomic E-state index is 12.7. The van der Waals surface area contributed by atoms with Gasteiger partial charge in [0.05, 0.1) is 18.8 Å². The number of carbonyl (C=O) groups is 1. The molecule has 0 spiro atoms. The van der Waals surface area contributed by atoms with E-state index in [0.717, 1.165) is 30.8 Å². The summed E-state index contributed by atoms with van der Waals surface area (Å²) in [5.41, 5.74) is 3.01. The Labute approximate surface area is 141 Å². The first kappa shape index (κ1) is 16.0. The number of carbonyl (C=O) groups excluding carboxylic acids is 1. The first-order chi connectivity index (χ1) is 11.2. The van der Waals surface area contributed by atoms with Crippen LogP contribution in [0.1, 0.15) is 22.8 Å². The van der Waals surface area contributed by atoms with E-state index >= 15 is 0 Å². The monoisotopic (exact) mass is 330 g/mol. The molecule has 23 heavy (non-hydrogen) atoms. The SMILES string of the molecule is C[C@@H](Cc1ccsc1)NC(=O)c1ccccc1N1CCOCC1. The van der Waals surface area contributed by atoms with Gasteiger partial charge in [0.25, 0.3) is 5.91 Å². The number of benzene rings is 1. The van der Waals surface area contributed by atoms with Crippen LogP contribution in [0.15, 0.2) is 41.1 Å². The minimum atomic E-state index is -0.00479. The van der Waals surface area contributed by atoms with Gasteiger partial charge in [0.15, 0.2) is 0 Å². The van der Waals surface area contributed by atoms with Crippen molar-refractivity contribution >= 4 is 22.9 Å². The summed E-state index contributed by atoms with van der Waals surface area (Å²) in [6.45, 7) is 5.13. The molecule has 1 aliphatic rings. The highest BCUT2D eigenvalue weighted by Crippen LogP contribution is 2.21. The maximum absolute atomic E-state index is 12.7. The van der Waals surface area contributed by atoms with Gasteiger partial charge in [0.1, 0.15) is 0 Å². The molecule has 0 saturated carbocycles. The Morgan fingerprint density at radius 3 is 2.83 bits per heavy atom. The Balaban J connectivity index is 1.69. The number of thiophene rings is 1. The van der Waals surface area contributed by atoms with Crippen molar-refractivity contribution in [3.8, 4) is 0 Å². The van der Waals surface area contributed by atoms with Gasteiger partial charge in [0, 0.05) is 24.8 Å². The van der Waals surface area contributed by atoms with Crippen LogP contribution >= 0.6 is 11.3 Å². The Bertz CT molecular complexity index is 636. The zero-order valence-electron chi connectivity index (χ0n) is 13.3. The van der Waals surface area contributed by atoms with Crippen LogP contribution in [-0.2, 0) is 11.2 Å². The summed E-state index contributed by atoms with van der Waals surface area (Å²) in [6, 6.07) is 10.0. The van der Waals surface area contributed by atoms with E-state index in [0.29, 0.717) is 13.2 Å². The summed E-state index contributed by atoms with van der Waals surface area (Å²) in [7, 11) is 0. The fourth-order valence-electron chi connectivity index (χ4n) is 2.86. The normalized spacial score (nSPS) is 16.1. The fraction of sp³-hybridized carbons (Fsp3) is 0.389. The first-order valence-corrected chi connectivity index (χ1v) is 8.92. The minimum absolute atomic E-state index is 0.00479. The molecule has 1 aromatic carbocycles. The fourth-order valence-corrected chi connectivity index (χ4v) is 3.54. The van der Waals surface area contributed by atoms with E-state index in [9.17, 15) is 4.79 Å². The van der Waals surface area contributed by atoms with Crippen LogP contribution in [0, 0.1) is 0 Å². The second-order valence-electron chi connectivity index (χ2n) is 5.83. The molecular weight excluding hydrogens is 308 g/mol. The highest BCUT2D eigenvalue weighted by atomic mass is 32.1. The Morgan fingerprint density at radius 1 is 1.30 bits per heavy atom. The lowest BCUT2D eigenvalue weighted by Crippen LogP contribution is -2.39. The third-order valence-electron chi connectivity index (χ3n) is 4.00. The van der Waals surface area contributed by atoms with Crippen molar-refractivity contribution in [1.29, 1.82) is 0 Å². The van der Waals surface area contributed by atoms with Crippen molar-refractivity contribution in [3.63, 3.8) is 0 Å². The first-order valence-electron chi connectivity index (χ1n) is 7.97. The molecule has 0 bridgehead atoms. The number of nitrogens with zero attached hydrogens (tertiary/aromatic N) is 1. The molecule has 0 unspecified atom stereocenters. The third-order valence-corrected chi connectivity index (χ3v) is 4.73. The summed E-state index contributed by atoms with van der Waals surface area (Å²) < 4.78 is 5.40. The standard InChI is InChI=1S/C18H22N2O2S/c1-14(12-15-6-11-23-13-15)19-18(21)16-4-2-3-5-17(16)20-7-9-22-10-8-20/h2-6,11,13-14H,7-10,12H2,1H3,(H,19,21)/t14-/m0/s1. The molecule has 1 saturated heterocycles. The molecule has 1 fully saturated rings. The molecule has 1 amide bonds. The molecule has 4 nitrogen and oxygen atoms in total. The molecular formula is C18H22N2O2S. The van der Waals surface area contributed by atoms with E-state index in [1.165, 1.54) is 5.56 Å². The largest absolute Gasteiger partial charge is 0.378 e. The van der Waals surface area contributed by atoms with Crippen LogP contribution < -0.4 is 10.2 Å². The van der Waals surface area contributed by atoms with Crippen molar-refractivity contribution in [2.75, 3.05) is 31.2 Å². The number of rotatable bonds is 5. The van der Waals surface area contributed by atoms with Gasteiger partial charge >= 0.3 is 0 Å². The van der Waals surface area contributed by atoms with Crippen molar-refractivity contribution in [2.24, 2.45) is 0 Å². The molecule has 0 radical (unpaired) electrons. The summed E-state index contributed by atoms with van der Waals surface area (Å²) in [5.74, 6) is -0.00479. The Kier molecular flexibility index (Phi) is 5.31. The van der Waals surface area contributed by atoms with Gasteiger partial charge in [-0.1, -0.05) is 12.1 Å². The zero-order valence-corrected chi connectivity index (χ0v) is 14.1. The van der Waals surface area contributed by atoms with Crippen molar-refractivity contribution < 1.29 is 9.53 Å². The quantitative estimate of drug-likeness (QED) is 0.916. The van der Waals surface area contributed by atoms with Crippen LogP contribution in [0.5, 0.6) is 0 Å². The number of hydrogen-bond donors (Lipinski definition) is 1. The molecule has 1 N–H and O–H groups in total. The van der Waals surface area contributed by atoms with E-state index in [1.807, 2.05) is 31.2 Å².